The molecule has 0 bridgehead atoms. The Labute approximate surface area is 146 Å². The van der Waals surface area contributed by atoms with E-state index in [1.807, 2.05) is 12.1 Å². The van der Waals surface area contributed by atoms with Crippen molar-refractivity contribution in [3.8, 4) is 0 Å². The first-order valence-corrected chi connectivity index (χ1v) is 8.71. The minimum absolute atomic E-state index is 0.0149. The number of amides is 3. The molecule has 0 aromatic heterocycles. The highest BCUT2D eigenvalue weighted by molar-refractivity contribution is 5.97. The number of benzene rings is 1. The van der Waals surface area contributed by atoms with Crippen molar-refractivity contribution < 1.29 is 14.4 Å². The first-order valence-electron chi connectivity index (χ1n) is 8.71. The van der Waals surface area contributed by atoms with E-state index in [1.165, 1.54) is 0 Å². The summed E-state index contributed by atoms with van der Waals surface area (Å²) in [5, 5.41) is 5.64. The summed E-state index contributed by atoms with van der Waals surface area (Å²) in [6.45, 7) is 1.54. The molecular weight excluding hydrogens is 320 g/mol. The van der Waals surface area contributed by atoms with Crippen LogP contribution in [0.4, 0.5) is 0 Å². The Morgan fingerprint density at radius 1 is 1.24 bits per heavy atom. The summed E-state index contributed by atoms with van der Waals surface area (Å²) >= 11 is 0. The molecule has 7 heteroatoms. The highest BCUT2D eigenvalue weighted by Crippen LogP contribution is 2.24. The average Bonchev–Trinajstić information content (AvgIpc) is 3.06. The molecule has 2 fully saturated rings. The Hall–Kier alpha value is -2.41. The summed E-state index contributed by atoms with van der Waals surface area (Å²) in [4.78, 5) is 37.4. The fourth-order valence-corrected chi connectivity index (χ4v) is 3.35. The zero-order chi connectivity index (χ0) is 17.8. The second kappa shape index (κ2) is 7.65. The fraction of sp³-hybridized carbons (Fsp3) is 0.500. The molecule has 4 N–H and O–H groups in total. The van der Waals surface area contributed by atoms with Crippen LogP contribution in [0.25, 0.3) is 0 Å². The summed E-state index contributed by atoms with van der Waals surface area (Å²) < 4.78 is 0. The minimum Gasteiger partial charge on any atom is -0.353 e. The smallest absolute Gasteiger partial charge is 0.254 e. The molecular formula is C18H24N4O3. The van der Waals surface area contributed by atoms with Gasteiger partial charge in [-0.2, -0.15) is 0 Å². The monoisotopic (exact) mass is 344 g/mol. The summed E-state index contributed by atoms with van der Waals surface area (Å²) in [7, 11) is 0. The Kier molecular flexibility index (Phi) is 5.33. The van der Waals surface area contributed by atoms with Crippen LogP contribution in [0.15, 0.2) is 24.3 Å². The first-order chi connectivity index (χ1) is 12.0. The number of rotatable bonds is 4. The topological polar surface area (TPSA) is 105 Å². The molecule has 7 nitrogen and oxygen atoms in total. The van der Waals surface area contributed by atoms with Gasteiger partial charge in [0.15, 0.2) is 0 Å². The van der Waals surface area contributed by atoms with Crippen LogP contribution >= 0.6 is 0 Å². The number of nitrogens with zero attached hydrogens (tertiary/aromatic N) is 1. The molecule has 1 saturated carbocycles. The molecule has 2 unspecified atom stereocenters. The Bertz CT molecular complexity index is 659. The van der Waals surface area contributed by atoms with E-state index in [2.05, 4.69) is 10.6 Å². The van der Waals surface area contributed by atoms with Crippen LogP contribution in [0.2, 0.25) is 0 Å². The standard InChI is InChI=1S/C18H24N4O3/c19-15-6-5-14(9-15)17(24)21-10-12-1-3-13(4-2-12)18(25)22-8-7-20-16(23)11-22/h1-4,14-15H,5-11,19H2,(H,20,23)(H,21,24). The number of carbonyl (C=O) groups excluding carboxylic acids is 3. The van der Waals surface area contributed by atoms with Crippen molar-refractivity contribution in [1.29, 1.82) is 0 Å². The molecule has 1 heterocycles. The van der Waals surface area contributed by atoms with Gasteiger partial charge < -0.3 is 21.3 Å². The van der Waals surface area contributed by atoms with Gasteiger partial charge in [-0.05, 0) is 37.0 Å². The van der Waals surface area contributed by atoms with Crippen molar-refractivity contribution in [2.24, 2.45) is 11.7 Å². The lowest BCUT2D eigenvalue weighted by atomic mass is 10.1. The van der Waals surface area contributed by atoms with Gasteiger partial charge in [0.2, 0.25) is 11.8 Å². The summed E-state index contributed by atoms with van der Waals surface area (Å²) in [5.74, 6) is -0.218. The van der Waals surface area contributed by atoms with E-state index in [1.54, 1.807) is 17.0 Å². The molecule has 0 spiro atoms. The molecule has 2 atom stereocenters. The van der Waals surface area contributed by atoms with E-state index in [9.17, 15) is 14.4 Å². The summed E-state index contributed by atoms with van der Waals surface area (Å²) in [6, 6.07) is 7.28. The predicted molar refractivity (Wildman–Crippen MR) is 92.5 cm³/mol. The largest absolute Gasteiger partial charge is 0.353 e. The first kappa shape index (κ1) is 17.4. The van der Waals surface area contributed by atoms with Gasteiger partial charge in [0, 0.05) is 37.2 Å². The van der Waals surface area contributed by atoms with Crippen molar-refractivity contribution in [2.75, 3.05) is 19.6 Å². The van der Waals surface area contributed by atoms with Gasteiger partial charge in [0.1, 0.15) is 0 Å². The van der Waals surface area contributed by atoms with Crippen LogP contribution in [0.5, 0.6) is 0 Å². The third-order valence-corrected chi connectivity index (χ3v) is 4.84. The third kappa shape index (κ3) is 4.36. The minimum atomic E-state index is -0.148. The number of nitrogens with one attached hydrogen (secondary N) is 2. The average molecular weight is 344 g/mol. The SMILES string of the molecule is NC1CCC(C(=O)NCc2ccc(C(=O)N3CCNC(=O)C3)cc2)C1. The normalized spacial score (nSPS) is 23.2. The molecule has 25 heavy (non-hydrogen) atoms. The van der Waals surface area contributed by atoms with E-state index >= 15 is 0 Å². The van der Waals surface area contributed by atoms with E-state index in [0.29, 0.717) is 25.2 Å². The van der Waals surface area contributed by atoms with Crippen molar-refractivity contribution in [3.63, 3.8) is 0 Å². The van der Waals surface area contributed by atoms with Crippen LogP contribution < -0.4 is 16.4 Å². The Morgan fingerprint density at radius 3 is 2.64 bits per heavy atom. The number of hydrogen-bond acceptors (Lipinski definition) is 4. The molecule has 1 aliphatic heterocycles. The van der Waals surface area contributed by atoms with Crippen molar-refractivity contribution in [1.82, 2.24) is 15.5 Å². The Balaban J connectivity index is 1.52. The summed E-state index contributed by atoms with van der Waals surface area (Å²) in [5.41, 5.74) is 7.33. The van der Waals surface area contributed by atoms with Crippen molar-refractivity contribution in [2.45, 2.75) is 31.8 Å². The van der Waals surface area contributed by atoms with Gasteiger partial charge in [-0.25, -0.2) is 0 Å². The van der Waals surface area contributed by atoms with Crippen molar-refractivity contribution in [3.05, 3.63) is 35.4 Å². The quantitative estimate of drug-likeness (QED) is 0.715. The summed E-state index contributed by atoms with van der Waals surface area (Å²) in [6.07, 6.45) is 2.51. The van der Waals surface area contributed by atoms with Crippen LogP contribution in [0.3, 0.4) is 0 Å². The Morgan fingerprint density at radius 2 is 2.00 bits per heavy atom. The highest BCUT2D eigenvalue weighted by Gasteiger charge is 2.27. The van der Waals surface area contributed by atoms with E-state index in [4.69, 9.17) is 5.73 Å². The number of nitrogens with two attached hydrogens (primary N) is 1. The van der Waals surface area contributed by atoms with Gasteiger partial charge in [-0.3, -0.25) is 14.4 Å². The lowest BCUT2D eigenvalue weighted by molar-refractivity contribution is -0.125. The fourth-order valence-electron chi connectivity index (χ4n) is 3.35. The molecule has 134 valence electrons. The molecule has 1 aromatic carbocycles. The molecule has 0 radical (unpaired) electrons. The molecule has 2 aliphatic rings. The molecule has 3 rings (SSSR count). The zero-order valence-electron chi connectivity index (χ0n) is 14.2. The van der Waals surface area contributed by atoms with Gasteiger partial charge >= 0.3 is 0 Å². The van der Waals surface area contributed by atoms with Crippen molar-refractivity contribution >= 4 is 17.7 Å². The van der Waals surface area contributed by atoms with Crippen LogP contribution in [0.1, 0.15) is 35.2 Å². The molecule has 1 saturated heterocycles. The zero-order valence-corrected chi connectivity index (χ0v) is 14.2. The second-order valence-corrected chi connectivity index (χ2v) is 6.76. The van der Waals surface area contributed by atoms with Gasteiger partial charge in [-0.15, -0.1) is 0 Å². The highest BCUT2D eigenvalue weighted by atomic mass is 16.2. The van der Waals surface area contributed by atoms with E-state index < -0.39 is 0 Å². The maximum Gasteiger partial charge on any atom is 0.254 e. The van der Waals surface area contributed by atoms with Crippen LogP contribution in [-0.4, -0.2) is 48.3 Å². The lowest BCUT2D eigenvalue weighted by Crippen LogP contribution is -2.49. The maximum atomic E-state index is 12.4. The van der Waals surface area contributed by atoms with Gasteiger partial charge in [0.25, 0.3) is 5.91 Å². The number of carbonyl (C=O) groups is 3. The lowest BCUT2D eigenvalue weighted by Gasteiger charge is -2.26. The van der Waals surface area contributed by atoms with Crippen LogP contribution in [-0.2, 0) is 16.1 Å². The number of piperazine rings is 1. The predicted octanol–water partition coefficient (Wildman–Crippen LogP) is 0.00220. The van der Waals surface area contributed by atoms with E-state index in [-0.39, 0.29) is 36.2 Å². The number of hydrogen-bond donors (Lipinski definition) is 3. The second-order valence-electron chi connectivity index (χ2n) is 6.76. The molecule has 1 aliphatic carbocycles. The van der Waals surface area contributed by atoms with Crippen LogP contribution in [0, 0.1) is 5.92 Å². The molecule has 1 aromatic rings. The van der Waals surface area contributed by atoms with Gasteiger partial charge in [-0.1, -0.05) is 12.1 Å². The van der Waals surface area contributed by atoms with Gasteiger partial charge in [0.05, 0.1) is 6.54 Å². The third-order valence-electron chi connectivity index (χ3n) is 4.84. The maximum absolute atomic E-state index is 12.4. The molecule has 3 amide bonds. The van der Waals surface area contributed by atoms with E-state index in [0.717, 1.165) is 24.8 Å².